The number of carbonyl (C=O) groups excluding carboxylic acids is 1. The first-order valence-corrected chi connectivity index (χ1v) is 7.38. The fraction of sp³-hybridized carbons (Fsp3) is 0.929. The Morgan fingerprint density at radius 3 is 2.44 bits per heavy atom. The van der Waals surface area contributed by atoms with Crippen LogP contribution in [0.5, 0.6) is 0 Å². The number of rotatable bonds is 6. The van der Waals surface area contributed by atoms with Crippen molar-refractivity contribution in [1.29, 1.82) is 0 Å². The molecule has 0 aromatic rings. The smallest absolute Gasteiger partial charge is 0.223 e. The molecule has 0 unspecified atom stereocenters. The molecule has 4 nitrogen and oxygen atoms in total. The molecule has 2 fully saturated rings. The van der Waals surface area contributed by atoms with Crippen molar-refractivity contribution in [3.05, 3.63) is 0 Å². The summed E-state index contributed by atoms with van der Waals surface area (Å²) >= 11 is 0. The summed E-state index contributed by atoms with van der Waals surface area (Å²) in [6.07, 6.45) is 3.47. The molecule has 4 heteroatoms. The van der Waals surface area contributed by atoms with Gasteiger partial charge in [0.25, 0.3) is 0 Å². The Morgan fingerprint density at radius 1 is 1.22 bits per heavy atom. The summed E-state index contributed by atoms with van der Waals surface area (Å²) in [6, 6.07) is 0.466. The number of amides is 1. The Kier molecular flexibility index (Phi) is 5.01. The van der Waals surface area contributed by atoms with Crippen LogP contribution >= 0.6 is 0 Å². The van der Waals surface area contributed by atoms with Crippen LogP contribution in [0.2, 0.25) is 0 Å². The van der Waals surface area contributed by atoms with Gasteiger partial charge in [0, 0.05) is 51.7 Å². The molecule has 0 radical (unpaired) electrons. The van der Waals surface area contributed by atoms with Gasteiger partial charge in [-0.1, -0.05) is 13.8 Å². The van der Waals surface area contributed by atoms with Crippen molar-refractivity contribution in [3.63, 3.8) is 0 Å². The number of piperazine rings is 1. The summed E-state index contributed by atoms with van der Waals surface area (Å²) in [7, 11) is 0. The van der Waals surface area contributed by atoms with Crippen LogP contribution < -0.4 is 5.32 Å². The van der Waals surface area contributed by atoms with E-state index in [-0.39, 0.29) is 0 Å². The van der Waals surface area contributed by atoms with Crippen molar-refractivity contribution < 1.29 is 4.79 Å². The Hall–Kier alpha value is -0.610. The molecule has 1 aliphatic heterocycles. The second kappa shape index (κ2) is 6.53. The second-order valence-corrected chi connectivity index (χ2v) is 5.98. The van der Waals surface area contributed by atoms with Gasteiger partial charge in [0.05, 0.1) is 0 Å². The number of hydrogen-bond acceptors (Lipinski definition) is 3. The second-order valence-electron chi connectivity index (χ2n) is 5.98. The quantitative estimate of drug-likeness (QED) is 0.765. The third kappa shape index (κ3) is 4.58. The van der Waals surface area contributed by atoms with Crippen molar-refractivity contribution in [2.24, 2.45) is 5.92 Å². The van der Waals surface area contributed by atoms with Crippen LogP contribution in [0.4, 0.5) is 0 Å². The number of carbonyl (C=O) groups is 1. The monoisotopic (exact) mass is 253 g/mol. The molecule has 1 saturated heterocycles. The Balaban J connectivity index is 1.60. The predicted molar refractivity (Wildman–Crippen MR) is 73.5 cm³/mol. The highest BCUT2D eigenvalue weighted by molar-refractivity contribution is 5.76. The molecule has 0 bridgehead atoms. The molecule has 0 atom stereocenters. The summed E-state index contributed by atoms with van der Waals surface area (Å²) in [5.74, 6) is 1.27. The summed E-state index contributed by atoms with van der Waals surface area (Å²) in [5, 5.41) is 3.30. The van der Waals surface area contributed by atoms with Crippen molar-refractivity contribution in [2.75, 3.05) is 39.3 Å². The lowest BCUT2D eigenvalue weighted by Gasteiger charge is -2.35. The van der Waals surface area contributed by atoms with E-state index < -0.39 is 0 Å². The van der Waals surface area contributed by atoms with Gasteiger partial charge in [0.1, 0.15) is 0 Å². The molecule has 0 aromatic heterocycles. The van der Waals surface area contributed by atoms with Crippen LogP contribution in [0.25, 0.3) is 0 Å². The van der Waals surface area contributed by atoms with Gasteiger partial charge in [-0.2, -0.15) is 0 Å². The predicted octanol–water partition coefficient (Wildman–Crippen LogP) is 0.929. The number of hydrogen-bond donors (Lipinski definition) is 1. The standard InChI is InChI=1S/C14H27N3O/c1-12(2)15-6-5-14(18)17-9-7-16(8-10-17)11-13-3-4-13/h12-13,15H,3-11H2,1-2H3. The van der Waals surface area contributed by atoms with E-state index in [1.807, 2.05) is 4.90 Å². The summed E-state index contributed by atoms with van der Waals surface area (Å²) in [4.78, 5) is 16.5. The minimum Gasteiger partial charge on any atom is -0.340 e. The van der Waals surface area contributed by atoms with E-state index in [1.165, 1.54) is 19.4 Å². The van der Waals surface area contributed by atoms with Gasteiger partial charge in [-0.25, -0.2) is 0 Å². The average molecular weight is 253 g/mol. The topological polar surface area (TPSA) is 35.6 Å². The highest BCUT2D eigenvalue weighted by Gasteiger charge is 2.27. The van der Waals surface area contributed by atoms with Crippen molar-refractivity contribution in [3.8, 4) is 0 Å². The molecular weight excluding hydrogens is 226 g/mol. The first-order valence-electron chi connectivity index (χ1n) is 7.38. The van der Waals surface area contributed by atoms with Crippen molar-refractivity contribution in [1.82, 2.24) is 15.1 Å². The normalized spacial score (nSPS) is 21.6. The molecule has 0 spiro atoms. The van der Waals surface area contributed by atoms with E-state index in [2.05, 4.69) is 24.1 Å². The first kappa shape index (κ1) is 13.8. The van der Waals surface area contributed by atoms with Gasteiger partial charge >= 0.3 is 0 Å². The zero-order valence-electron chi connectivity index (χ0n) is 11.8. The lowest BCUT2D eigenvalue weighted by atomic mass is 10.2. The Bertz CT molecular complexity index is 268. The third-order valence-electron chi connectivity index (χ3n) is 3.83. The summed E-state index contributed by atoms with van der Waals surface area (Å²) in [6.45, 7) is 10.3. The number of nitrogens with zero attached hydrogens (tertiary/aromatic N) is 2. The van der Waals surface area contributed by atoms with Crippen LogP contribution in [0, 0.1) is 5.92 Å². The first-order chi connectivity index (χ1) is 8.65. The summed E-state index contributed by atoms with van der Waals surface area (Å²) < 4.78 is 0. The van der Waals surface area contributed by atoms with Gasteiger partial charge in [0.2, 0.25) is 5.91 Å². The van der Waals surface area contributed by atoms with Crippen LogP contribution in [-0.2, 0) is 4.79 Å². The molecule has 2 rings (SSSR count). The Labute approximate surface area is 111 Å². The lowest BCUT2D eigenvalue weighted by Crippen LogP contribution is -2.49. The molecule has 104 valence electrons. The molecule has 1 heterocycles. The molecule has 1 saturated carbocycles. The zero-order chi connectivity index (χ0) is 13.0. The van der Waals surface area contributed by atoms with Gasteiger partial charge in [-0.3, -0.25) is 9.69 Å². The van der Waals surface area contributed by atoms with Crippen LogP contribution in [-0.4, -0.2) is 61.0 Å². The number of nitrogens with one attached hydrogen (secondary N) is 1. The molecule has 0 aromatic carbocycles. The van der Waals surface area contributed by atoms with Crippen LogP contribution in [0.1, 0.15) is 33.1 Å². The maximum atomic E-state index is 12.0. The Morgan fingerprint density at radius 2 is 1.89 bits per heavy atom. The largest absolute Gasteiger partial charge is 0.340 e. The molecule has 2 aliphatic rings. The molecular formula is C14H27N3O. The SMILES string of the molecule is CC(C)NCCC(=O)N1CCN(CC2CC2)CC1. The van der Waals surface area contributed by atoms with E-state index >= 15 is 0 Å². The average Bonchev–Trinajstić information content (AvgIpc) is 3.13. The minimum absolute atomic E-state index is 0.314. The van der Waals surface area contributed by atoms with Gasteiger partial charge in [-0.15, -0.1) is 0 Å². The van der Waals surface area contributed by atoms with Crippen LogP contribution in [0.3, 0.4) is 0 Å². The maximum Gasteiger partial charge on any atom is 0.223 e. The van der Waals surface area contributed by atoms with Gasteiger partial charge in [-0.05, 0) is 18.8 Å². The highest BCUT2D eigenvalue weighted by Crippen LogP contribution is 2.29. The lowest BCUT2D eigenvalue weighted by molar-refractivity contribution is -0.132. The van der Waals surface area contributed by atoms with Gasteiger partial charge in [0.15, 0.2) is 0 Å². The third-order valence-corrected chi connectivity index (χ3v) is 3.83. The van der Waals surface area contributed by atoms with E-state index in [4.69, 9.17) is 0 Å². The van der Waals surface area contributed by atoms with Crippen molar-refractivity contribution >= 4 is 5.91 Å². The fourth-order valence-corrected chi connectivity index (χ4v) is 2.47. The molecule has 1 N–H and O–H groups in total. The zero-order valence-corrected chi connectivity index (χ0v) is 11.8. The fourth-order valence-electron chi connectivity index (χ4n) is 2.47. The van der Waals surface area contributed by atoms with Gasteiger partial charge < -0.3 is 10.2 Å². The molecule has 1 aliphatic carbocycles. The minimum atomic E-state index is 0.314. The molecule has 1 amide bonds. The van der Waals surface area contributed by atoms with Crippen molar-refractivity contribution in [2.45, 2.75) is 39.2 Å². The highest BCUT2D eigenvalue weighted by atomic mass is 16.2. The van der Waals surface area contributed by atoms with E-state index in [1.54, 1.807) is 0 Å². The summed E-state index contributed by atoms with van der Waals surface area (Å²) in [5.41, 5.74) is 0. The van der Waals surface area contributed by atoms with E-state index in [0.29, 0.717) is 18.4 Å². The van der Waals surface area contributed by atoms with E-state index in [9.17, 15) is 4.79 Å². The van der Waals surface area contributed by atoms with E-state index in [0.717, 1.165) is 38.6 Å². The maximum absolute atomic E-state index is 12.0. The van der Waals surface area contributed by atoms with Crippen LogP contribution in [0.15, 0.2) is 0 Å². The molecule has 18 heavy (non-hydrogen) atoms.